The Morgan fingerprint density at radius 2 is 1.77 bits per heavy atom. The minimum Gasteiger partial charge on any atom is -0.493 e. The topological polar surface area (TPSA) is 73.9 Å². The van der Waals surface area contributed by atoms with E-state index < -0.39 is 5.97 Å². The van der Waals surface area contributed by atoms with E-state index in [4.69, 9.17) is 14.2 Å². The molecule has 138 valence electrons. The monoisotopic (exact) mass is 375 g/mol. The smallest absolute Gasteiger partial charge is 0.338 e. The molecule has 0 saturated carbocycles. The largest absolute Gasteiger partial charge is 0.493 e. The highest BCUT2D eigenvalue weighted by molar-refractivity contribution is 8.00. The lowest BCUT2D eigenvalue weighted by atomic mass is 10.1. The van der Waals surface area contributed by atoms with Gasteiger partial charge in [-0.15, -0.1) is 11.8 Å². The van der Waals surface area contributed by atoms with Gasteiger partial charge in [-0.1, -0.05) is 6.07 Å². The molecule has 0 atom stereocenters. The number of ether oxygens (including phenoxy) is 3. The van der Waals surface area contributed by atoms with E-state index in [1.54, 1.807) is 45.4 Å². The molecule has 2 aromatic rings. The number of carbonyl (C=O) groups excluding carboxylic acids is 2. The molecule has 7 heteroatoms. The van der Waals surface area contributed by atoms with Crippen LogP contribution in [-0.4, -0.2) is 39.0 Å². The number of nitrogens with one attached hydrogen (secondary N) is 1. The van der Waals surface area contributed by atoms with Crippen molar-refractivity contribution in [2.45, 2.75) is 11.8 Å². The van der Waals surface area contributed by atoms with E-state index in [2.05, 4.69) is 5.32 Å². The average molecular weight is 375 g/mol. The predicted molar refractivity (Wildman–Crippen MR) is 101 cm³/mol. The summed E-state index contributed by atoms with van der Waals surface area (Å²) in [5.41, 5.74) is 1.69. The van der Waals surface area contributed by atoms with Gasteiger partial charge in [-0.25, -0.2) is 4.79 Å². The SMILES string of the molecule is COC(=O)c1cccc(NC(=O)CSc2ccc(OC)c(OC)c2)c1C. The second kappa shape index (κ2) is 9.15. The molecule has 0 unspecified atom stereocenters. The molecule has 0 aliphatic rings. The van der Waals surface area contributed by atoms with Crippen molar-refractivity contribution in [3.05, 3.63) is 47.5 Å². The van der Waals surface area contributed by atoms with Gasteiger partial charge in [0.1, 0.15) is 0 Å². The van der Waals surface area contributed by atoms with E-state index in [9.17, 15) is 9.59 Å². The van der Waals surface area contributed by atoms with Crippen molar-refractivity contribution in [2.75, 3.05) is 32.4 Å². The van der Waals surface area contributed by atoms with Crippen LogP contribution in [0.5, 0.6) is 11.5 Å². The van der Waals surface area contributed by atoms with Crippen LogP contribution in [0.1, 0.15) is 15.9 Å². The third-order valence-corrected chi connectivity index (χ3v) is 4.73. The number of hydrogen-bond donors (Lipinski definition) is 1. The first-order chi connectivity index (χ1) is 12.5. The van der Waals surface area contributed by atoms with Crippen LogP contribution in [0.25, 0.3) is 0 Å². The summed E-state index contributed by atoms with van der Waals surface area (Å²) in [6, 6.07) is 10.6. The molecule has 0 bridgehead atoms. The number of methoxy groups -OCH3 is 3. The van der Waals surface area contributed by atoms with Gasteiger partial charge in [0.2, 0.25) is 5.91 Å². The highest BCUT2D eigenvalue weighted by Crippen LogP contribution is 2.32. The van der Waals surface area contributed by atoms with Crippen molar-refractivity contribution < 1.29 is 23.8 Å². The summed E-state index contributed by atoms with van der Waals surface area (Å²) in [7, 11) is 4.46. The number of amides is 1. The zero-order chi connectivity index (χ0) is 19.1. The van der Waals surface area contributed by atoms with Gasteiger partial charge in [-0.3, -0.25) is 4.79 Å². The first-order valence-electron chi connectivity index (χ1n) is 7.82. The van der Waals surface area contributed by atoms with E-state index in [0.717, 1.165) is 4.90 Å². The summed E-state index contributed by atoms with van der Waals surface area (Å²) in [6.45, 7) is 1.77. The molecule has 1 N–H and O–H groups in total. The van der Waals surface area contributed by atoms with Crippen LogP contribution < -0.4 is 14.8 Å². The van der Waals surface area contributed by atoms with Gasteiger partial charge in [-0.2, -0.15) is 0 Å². The maximum absolute atomic E-state index is 12.3. The van der Waals surface area contributed by atoms with Crippen LogP contribution >= 0.6 is 11.8 Å². The summed E-state index contributed by atoms with van der Waals surface area (Å²) in [4.78, 5) is 24.9. The molecule has 0 saturated heterocycles. The Labute approximate surface area is 156 Å². The lowest BCUT2D eigenvalue weighted by Gasteiger charge is -2.12. The van der Waals surface area contributed by atoms with E-state index in [1.165, 1.54) is 18.9 Å². The Hall–Kier alpha value is -2.67. The van der Waals surface area contributed by atoms with Crippen LogP contribution in [0.15, 0.2) is 41.3 Å². The first-order valence-corrected chi connectivity index (χ1v) is 8.81. The van der Waals surface area contributed by atoms with Crippen molar-refractivity contribution >= 4 is 29.3 Å². The Morgan fingerprint density at radius 1 is 1.04 bits per heavy atom. The van der Waals surface area contributed by atoms with Crippen LogP contribution in [0.2, 0.25) is 0 Å². The molecule has 6 nitrogen and oxygen atoms in total. The van der Waals surface area contributed by atoms with Crippen molar-refractivity contribution in [1.82, 2.24) is 0 Å². The molecule has 2 rings (SSSR count). The average Bonchev–Trinajstić information content (AvgIpc) is 2.67. The van der Waals surface area contributed by atoms with Crippen LogP contribution in [0.4, 0.5) is 5.69 Å². The van der Waals surface area contributed by atoms with Crippen LogP contribution in [-0.2, 0) is 9.53 Å². The summed E-state index contributed by atoms with van der Waals surface area (Å²) >= 11 is 1.38. The van der Waals surface area contributed by atoms with Gasteiger partial charge in [0.15, 0.2) is 11.5 Å². The molecule has 0 aliphatic carbocycles. The molecule has 2 aromatic carbocycles. The molecule has 26 heavy (non-hydrogen) atoms. The maximum Gasteiger partial charge on any atom is 0.338 e. The minimum atomic E-state index is -0.432. The van der Waals surface area contributed by atoms with E-state index >= 15 is 0 Å². The van der Waals surface area contributed by atoms with E-state index in [-0.39, 0.29) is 11.7 Å². The van der Waals surface area contributed by atoms with E-state index in [1.807, 2.05) is 12.1 Å². The van der Waals surface area contributed by atoms with E-state index in [0.29, 0.717) is 28.3 Å². The second-order valence-corrected chi connectivity index (χ2v) is 6.37. The van der Waals surface area contributed by atoms with Crippen LogP contribution in [0.3, 0.4) is 0 Å². The lowest BCUT2D eigenvalue weighted by molar-refractivity contribution is -0.113. The fourth-order valence-corrected chi connectivity index (χ4v) is 3.07. The quantitative estimate of drug-likeness (QED) is 0.589. The fourth-order valence-electron chi connectivity index (χ4n) is 2.34. The highest BCUT2D eigenvalue weighted by Gasteiger charge is 2.14. The first kappa shape index (κ1) is 19.7. The molecule has 0 spiro atoms. The summed E-state index contributed by atoms with van der Waals surface area (Å²) in [5.74, 6) is 0.862. The Morgan fingerprint density at radius 3 is 2.42 bits per heavy atom. The number of rotatable bonds is 7. The Kier molecular flexibility index (Phi) is 6.91. The third-order valence-electron chi connectivity index (χ3n) is 3.74. The number of anilines is 1. The van der Waals surface area contributed by atoms with Gasteiger partial charge >= 0.3 is 5.97 Å². The molecular formula is C19H21NO5S. The molecule has 0 aromatic heterocycles. The van der Waals surface area contributed by atoms with Gasteiger partial charge in [-0.05, 0) is 42.8 Å². The Bertz CT molecular complexity index is 807. The number of esters is 1. The van der Waals surface area contributed by atoms with Crippen LogP contribution in [0, 0.1) is 6.92 Å². The number of benzene rings is 2. The Balaban J connectivity index is 2.03. The summed E-state index contributed by atoms with van der Waals surface area (Å²) in [5, 5.41) is 2.83. The molecule has 1 amide bonds. The second-order valence-electron chi connectivity index (χ2n) is 5.32. The molecule has 0 radical (unpaired) electrons. The third kappa shape index (κ3) is 4.70. The van der Waals surface area contributed by atoms with Crippen molar-refractivity contribution in [3.63, 3.8) is 0 Å². The maximum atomic E-state index is 12.3. The predicted octanol–water partition coefficient (Wildman–Crippen LogP) is 3.53. The van der Waals surface area contributed by atoms with Gasteiger partial charge in [0, 0.05) is 10.6 Å². The lowest BCUT2D eigenvalue weighted by Crippen LogP contribution is -2.16. The zero-order valence-electron chi connectivity index (χ0n) is 15.1. The summed E-state index contributed by atoms with van der Waals surface area (Å²) < 4.78 is 15.2. The number of thioether (sulfide) groups is 1. The van der Waals surface area contributed by atoms with Crippen molar-refractivity contribution in [1.29, 1.82) is 0 Å². The minimum absolute atomic E-state index is 0.171. The van der Waals surface area contributed by atoms with Gasteiger partial charge in [0.05, 0.1) is 32.6 Å². The molecule has 0 fully saturated rings. The fraction of sp³-hybridized carbons (Fsp3) is 0.263. The highest BCUT2D eigenvalue weighted by atomic mass is 32.2. The van der Waals surface area contributed by atoms with Gasteiger partial charge in [0.25, 0.3) is 0 Å². The molecule has 0 aliphatic heterocycles. The van der Waals surface area contributed by atoms with Crippen molar-refractivity contribution in [2.24, 2.45) is 0 Å². The molecular weight excluding hydrogens is 354 g/mol. The van der Waals surface area contributed by atoms with Crippen molar-refractivity contribution in [3.8, 4) is 11.5 Å². The standard InChI is InChI=1S/C19H21NO5S/c1-12-14(19(22)25-4)6-5-7-15(12)20-18(21)11-26-13-8-9-16(23-2)17(10-13)24-3/h5-10H,11H2,1-4H3,(H,20,21). The van der Waals surface area contributed by atoms with Gasteiger partial charge < -0.3 is 19.5 Å². The normalized spacial score (nSPS) is 10.2. The number of carbonyl (C=O) groups is 2. The summed E-state index contributed by atoms with van der Waals surface area (Å²) in [6.07, 6.45) is 0. The molecule has 0 heterocycles. The number of hydrogen-bond acceptors (Lipinski definition) is 6. The zero-order valence-corrected chi connectivity index (χ0v) is 15.9.